The molecule has 0 spiro atoms. The first-order valence-corrected chi connectivity index (χ1v) is 7.49. The summed E-state index contributed by atoms with van der Waals surface area (Å²) in [4.78, 5) is 25.5. The molecule has 2 unspecified atom stereocenters. The molecular weight excluding hydrogens is 268 g/mol. The van der Waals surface area contributed by atoms with E-state index in [0.717, 1.165) is 43.4 Å². The molecule has 5 heteroatoms. The van der Waals surface area contributed by atoms with Gasteiger partial charge in [-0.25, -0.2) is 4.79 Å². The first-order valence-electron chi connectivity index (χ1n) is 7.49. The third kappa shape index (κ3) is 2.65. The number of anilines is 1. The van der Waals surface area contributed by atoms with Crippen LogP contribution in [0.4, 0.5) is 5.69 Å². The van der Waals surface area contributed by atoms with Crippen LogP contribution in [0.25, 0.3) is 0 Å². The van der Waals surface area contributed by atoms with Crippen molar-refractivity contribution in [2.75, 3.05) is 11.4 Å². The van der Waals surface area contributed by atoms with Gasteiger partial charge in [-0.05, 0) is 49.4 Å². The summed E-state index contributed by atoms with van der Waals surface area (Å²) < 4.78 is 0. The number of hydrogen-bond acceptors (Lipinski definition) is 3. The maximum atomic E-state index is 12.7. The number of hydrogen-bond donors (Lipinski definition) is 2. The molecule has 0 bridgehead atoms. The van der Waals surface area contributed by atoms with Gasteiger partial charge in [-0.3, -0.25) is 4.79 Å². The van der Waals surface area contributed by atoms with Crippen LogP contribution in [-0.4, -0.2) is 29.6 Å². The van der Waals surface area contributed by atoms with E-state index in [1.807, 2.05) is 4.90 Å². The lowest BCUT2D eigenvalue weighted by atomic mass is 9.85. The minimum atomic E-state index is -0.930. The van der Waals surface area contributed by atoms with Gasteiger partial charge in [0.25, 0.3) is 0 Å². The van der Waals surface area contributed by atoms with Crippen molar-refractivity contribution in [3.8, 4) is 0 Å². The first-order chi connectivity index (χ1) is 10.1. The van der Waals surface area contributed by atoms with E-state index in [1.165, 1.54) is 0 Å². The van der Waals surface area contributed by atoms with E-state index in [2.05, 4.69) is 0 Å². The molecule has 0 radical (unpaired) electrons. The van der Waals surface area contributed by atoms with Gasteiger partial charge in [-0.2, -0.15) is 0 Å². The molecule has 1 aromatic rings. The van der Waals surface area contributed by atoms with Crippen LogP contribution >= 0.6 is 0 Å². The lowest BCUT2D eigenvalue weighted by molar-refractivity contribution is -0.123. The van der Waals surface area contributed by atoms with Crippen LogP contribution in [0.2, 0.25) is 0 Å². The predicted molar refractivity (Wildman–Crippen MR) is 79.4 cm³/mol. The monoisotopic (exact) mass is 288 g/mol. The lowest BCUT2D eigenvalue weighted by Crippen LogP contribution is -2.40. The van der Waals surface area contributed by atoms with Crippen molar-refractivity contribution >= 4 is 17.6 Å². The topological polar surface area (TPSA) is 83.6 Å². The number of carboxylic acid groups (broad SMARTS) is 1. The number of rotatable bonds is 2. The molecule has 0 saturated heterocycles. The molecular formula is C16H20N2O3. The van der Waals surface area contributed by atoms with E-state index in [-0.39, 0.29) is 23.4 Å². The molecule has 112 valence electrons. The summed E-state index contributed by atoms with van der Waals surface area (Å²) in [6.07, 6.45) is 4.41. The summed E-state index contributed by atoms with van der Waals surface area (Å²) in [7, 11) is 0. The van der Waals surface area contributed by atoms with Gasteiger partial charge in [-0.1, -0.05) is 6.42 Å². The Labute approximate surface area is 123 Å². The summed E-state index contributed by atoms with van der Waals surface area (Å²) >= 11 is 0. The predicted octanol–water partition coefficient (Wildman–Crippen LogP) is 1.79. The van der Waals surface area contributed by atoms with Crippen molar-refractivity contribution in [3.63, 3.8) is 0 Å². The largest absolute Gasteiger partial charge is 0.478 e. The molecule has 1 aromatic carbocycles. The van der Waals surface area contributed by atoms with Gasteiger partial charge in [0.1, 0.15) is 0 Å². The number of carbonyl (C=O) groups excluding carboxylic acids is 1. The molecule has 1 heterocycles. The fraction of sp³-hybridized carbons (Fsp3) is 0.500. The Balaban J connectivity index is 1.80. The molecule has 1 aliphatic carbocycles. The van der Waals surface area contributed by atoms with E-state index < -0.39 is 5.97 Å². The number of aromatic carboxylic acids is 1. The number of carboxylic acids is 1. The zero-order valence-electron chi connectivity index (χ0n) is 11.9. The fourth-order valence-electron chi connectivity index (χ4n) is 3.44. The number of amides is 1. The van der Waals surface area contributed by atoms with Crippen LogP contribution in [0.5, 0.6) is 0 Å². The SMILES string of the molecule is NC1CCCC(C(=O)N2CCc3cc(C(=O)O)ccc32)C1. The summed E-state index contributed by atoms with van der Waals surface area (Å²) in [5, 5.41) is 9.03. The average Bonchev–Trinajstić information content (AvgIpc) is 2.89. The van der Waals surface area contributed by atoms with Gasteiger partial charge in [0.2, 0.25) is 5.91 Å². The summed E-state index contributed by atoms with van der Waals surface area (Å²) in [5.41, 5.74) is 8.07. The molecule has 1 amide bonds. The van der Waals surface area contributed by atoms with Crippen molar-refractivity contribution in [2.45, 2.75) is 38.1 Å². The Morgan fingerprint density at radius 3 is 2.81 bits per heavy atom. The standard InChI is InChI=1S/C16H20N2O3/c17-13-3-1-2-11(9-13)15(19)18-7-6-10-8-12(16(20)21)4-5-14(10)18/h4-5,8,11,13H,1-3,6-7,9,17H2,(H,20,21). The highest BCUT2D eigenvalue weighted by Crippen LogP contribution is 2.33. The molecule has 1 fully saturated rings. The highest BCUT2D eigenvalue weighted by Gasteiger charge is 2.32. The number of carbonyl (C=O) groups is 2. The number of nitrogens with two attached hydrogens (primary N) is 1. The van der Waals surface area contributed by atoms with E-state index in [9.17, 15) is 9.59 Å². The van der Waals surface area contributed by atoms with E-state index in [0.29, 0.717) is 6.54 Å². The molecule has 5 nitrogen and oxygen atoms in total. The van der Waals surface area contributed by atoms with Gasteiger partial charge in [0, 0.05) is 24.2 Å². The molecule has 1 saturated carbocycles. The molecule has 3 N–H and O–H groups in total. The molecule has 3 rings (SSSR count). The summed E-state index contributed by atoms with van der Waals surface area (Å²) in [5.74, 6) is -0.772. The second-order valence-electron chi connectivity index (χ2n) is 6.01. The molecule has 2 aliphatic rings. The highest BCUT2D eigenvalue weighted by molar-refractivity contribution is 5.98. The van der Waals surface area contributed by atoms with E-state index in [4.69, 9.17) is 10.8 Å². The average molecular weight is 288 g/mol. The molecule has 0 aromatic heterocycles. The van der Waals surface area contributed by atoms with Crippen LogP contribution in [0.1, 0.15) is 41.6 Å². The number of benzene rings is 1. The number of fused-ring (bicyclic) bond motifs is 1. The molecule has 2 atom stereocenters. The van der Waals surface area contributed by atoms with Crippen LogP contribution in [0.3, 0.4) is 0 Å². The van der Waals surface area contributed by atoms with Gasteiger partial charge in [0.15, 0.2) is 0 Å². The normalized spacial score (nSPS) is 24.7. The van der Waals surface area contributed by atoms with Crippen molar-refractivity contribution in [3.05, 3.63) is 29.3 Å². The Hall–Kier alpha value is -1.88. The first kappa shape index (κ1) is 14.1. The summed E-state index contributed by atoms with van der Waals surface area (Å²) in [6.45, 7) is 0.642. The zero-order valence-corrected chi connectivity index (χ0v) is 11.9. The van der Waals surface area contributed by atoms with Crippen molar-refractivity contribution in [1.82, 2.24) is 0 Å². The van der Waals surface area contributed by atoms with Gasteiger partial charge < -0.3 is 15.7 Å². The minimum Gasteiger partial charge on any atom is -0.478 e. The quantitative estimate of drug-likeness (QED) is 0.869. The highest BCUT2D eigenvalue weighted by atomic mass is 16.4. The van der Waals surface area contributed by atoms with Crippen molar-refractivity contribution in [2.24, 2.45) is 11.7 Å². The van der Waals surface area contributed by atoms with Crippen molar-refractivity contribution < 1.29 is 14.7 Å². The Morgan fingerprint density at radius 1 is 1.29 bits per heavy atom. The van der Waals surface area contributed by atoms with E-state index in [1.54, 1.807) is 18.2 Å². The van der Waals surface area contributed by atoms with Gasteiger partial charge >= 0.3 is 5.97 Å². The lowest BCUT2D eigenvalue weighted by Gasteiger charge is -2.29. The Morgan fingerprint density at radius 2 is 2.10 bits per heavy atom. The molecule has 21 heavy (non-hydrogen) atoms. The Kier molecular flexibility index (Phi) is 3.68. The smallest absolute Gasteiger partial charge is 0.335 e. The second-order valence-corrected chi connectivity index (χ2v) is 6.01. The van der Waals surface area contributed by atoms with Crippen LogP contribution < -0.4 is 10.6 Å². The fourth-order valence-corrected chi connectivity index (χ4v) is 3.44. The second kappa shape index (κ2) is 5.48. The zero-order chi connectivity index (χ0) is 15.0. The van der Waals surface area contributed by atoms with Crippen LogP contribution in [0, 0.1) is 5.92 Å². The van der Waals surface area contributed by atoms with Gasteiger partial charge in [0.05, 0.1) is 5.56 Å². The van der Waals surface area contributed by atoms with Crippen molar-refractivity contribution in [1.29, 1.82) is 0 Å². The summed E-state index contributed by atoms with van der Waals surface area (Å²) in [6, 6.07) is 5.13. The van der Waals surface area contributed by atoms with Crippen LogP contribution in [-0.2, 0) is 11.2 Å². The van der Waals surface area contributed by atoms with Gasteiger partial charge in [-0.15, -0.1) is 0 Å². The maximum Gasteiger partial charge on any atom is 0.335 e. The molecule has 1 aliphatic heterocycles. The number of nitrogens with zero attached hydrogens (tertiary/aromatic N) is 1. The maximum absolute atomic E-state index is 12.7. The van der Waals surface area contributed by atoms with Crippen LogP contribution in [0.15, 0.2) is 18.2 Å². The third-order valence-electron chi connectivity index (χ3n) is 4.55. The minimum absolute atomic E-state index is 0.0128. The van der Waals surface area contributed by atoms with E-state index >= 15 is 0 Å². The Bertz CT molecular complexity index is 585. The third-order valence-corrected chi connectivity index (χ3v) is 4.55.